The summed E-state index contributed by atoms with van der Waals surface area (Å²) < 4.78 is 24.4. The number of aliphatic hydroxyl groups excluding tert-OH is 1. The molecule has 0 bridgehead atoms. The van der Waals surface area contributed by atoms with Crippen molar-refractivity contribution in [2.24, 2.45) is 29.1 Å². The van der Waals surface area contributed by atoms with Crippen molar-refractivity contribution in [3.8, 4) is 0 Å². The van der Waals surface area contributed by atoms with E-state index in [1.807, 2.05) is 24.3 Å². The van der Waals surface area contributed by atoms with Crippen LogP contribution in [0.2, 0.25) is 0 Å². The van der Waals surface area contributed by atoms with E-state index in [9.17, 15) is 14.7 Å². The van der Waals surface area contributed by atoms with E-state index < -0.39 is 17.7 Å². The Balaban J connectivity index is 1.34. The van der Waals surface area contributed by atoms with Crippen LogP contribution in [-0.2, 0) is 18.9 Å². The van der Waals surface area contributed by atoms with Crippen molar-refractivity contribution >= 4 is 11.8 Å². The normalized spacial score (nSPS) is 34.9. The topological polar surface area (TPSA) is 97.9 Å². The number of hydrogen-bond acceptors (Lipinski definition) is 7. The van der Waals surface area contributed by atoms with Gasteiger partial charge >= 0.3 is 5.97 Å². The molecule has 2 heterocycles. The smallest absolute Gasteiger partial charge is 0.340 e. The van der Waals surface area contributed by atoms with E-state index >= 15 is 0 Å². The van der Waals surface area contributed by atoms with Gasteiger partial charge in [-0.3, -0.25) is 4.79 Å². The average molecular weight is 603 g/mol. The highest BCUT2D eigenvalue weighted by Crippen LogP contribution is 2.62. The van der Waals surface area contributed by atoms with Crippen LogP contribution < -0.4 is 0 Å². The number of ketones is 1. The van der Waals surface area contributed by atoms with Crippen molar-refractivity contribution in [2.75, 3.05) is 6.79 Å². The Bertz CT molecular complexity index is 1380. The summed E-state index contributed by atoms with van der Waals surface area (Å²) in [6.07, 6.45) is 3.74. The first-order valence-corrected chi connectivity index (χ1v) is 16.2. The molecule has 2 aromatic rings. The zero-order valence-electron chi connectivity index (χ0n) is 26.5. The summed E-state index contributed by atoms with van der Waals surface area (Å²) >= 11 is 0. The molecule has 4 fully saturated rings. The third kappa shape index (κ3) is 5.75. The van der Waals surface area contributed by atoms with Crippen LogP contribution in [-0.4, -0.2) is 53.7 Å². The number of aliphatic hydroxyl groups is 1. The highest BCUT2D eigenvalue weighted by molar-refractivity contribution is 6.07. The van der Waals surface area contributed by atoms with E-state index in [4.69, 9.17) is 18.9 Å². The number of rotatable bonds is 9. The lowest BCUT2D eigenvalue weighted by Gasteiger charge is -2.37. The third-order valence-corrected chi connectivity index (χ3v) is 10.7. The van der Waals surface area contributed by atoms with Gasteiger partial charge in [0.25, 0.3) is 0 Å². The van der Waals surface area contributed by atoms with Crippen molar-refractivity contribution < 1.29 is 33.6 Å². The molecule has 2 aliphatic heterocycles. The molecule has 1 spiro atoms. The molecule has 8 atom stereocenters. The molecule has 0 amide bonds. The number of esters is 1. The second-order valence-electron chi connectivity index (χ2n) is 14.3. The first-order valence-electron chi connectivity index (χ1n) is 16.2. The van der Waals surface area contributed by atoms with Crippen molar-refractivity contribution in [3.05, 3.63) is 83.1 Å². The zero-order chi connectivity index (χ0) is 31.2. The van der Waals surface area contributed by atoms with E-state index in [0.29, 0.717) is 23.5 Å². The highest BCUT2D eigenvalue weighted by atomic mass is 16.7. The molecule has 236 valence electrons. The quantitative estimate of drug-likeness (QED) is 0.0645. The van der Waals surface area contributed by atoms with Gasteiger partial charge < -0.3 is 24.1 Å². The third-order valence-electron chi connectivity index (χ3n) is 10.7. The summed E-state index contributed by atoms with van der Waals surface area (Å²) in [7, 11) is 0. The fourth-order valence-electron chi connectivity index (χ4n) is 8.01. The van der Waals surface area contributed by atoms with Crippen LogP contribution in [0.15, 0.2) is 72.0 Å². The molecule has 2 aromatic carbocycles. The van der Waals surface area contributed by atoms with Crippen molar-refractivity contribution in [1.82, 2.24) is 0 Å². The van der Waals surface area contributed by atoms with Gasteiger partial charge in [-0.1, -0.05) is 89.6 Å². The molecule has 0 aromatic heterocycles. The molecule has 7 nitrogen and oxygen atoms in total. The number of Topliss-reactive ketones (excluding diaryl/α,β-unsaturated/α-hetero) is 1. The van der Waals surface area contributed by atoms with Crippen LogP contribution in [0.1, 0.15) is 87.4 Å². The lowest BCUT2D eigenvalue weighted by Crippen LogP contribution is -2.49. The van der Waals surface area contributed by atoms with Gasteiger partial charge in [0.1, 0.15) is 11.7 Å². The molecule has 1 N–H and O–H groups in total. The minimum Gasteiger partial charge on any atom is -0.453 e. The van der Waals surface area contributed by atoms with E-state index in [1.165, 1.54) is 0 Å². The predicted octanol–water partition coefficient (Wildman–Crippen LogP) is 6.75. The Labute approximate surface area is 260 Å². The summed E-state index contributed by atoms with van der Waals surface area (Å²) in [5.41, 5.74) is 1.03. The molecule has 6 rings (SSSR count). The van der Waals surface area contributed by atoms with Gasteiger partial charge in [-0.25, -0.2) is 4.79 Å². The molecule has 7 heteroatoms. The van der Waals surface area contributed by atoms with Gasteiger partial charge in [-0.05, 0) is 72.5 Å². The van der Waals surface area contributed by atoms with Gasteiger partial charge in [0.05, 0.1) is 23.9 Å². The molecule has 2 aliphatic carbocycles. The van der Waals surface area contributed by atoms with E-state index in [2.05, 4.69) is 34.6 Å². The van der Waals surface area contributed by atoms with Crippen LogP contribution in [0, 0.1) is 29.1 Å². The first kappa shape index (κ1) is 31.0. The number of fused-ring (bicyclic) bond motifs is 2. The van der Waals surface area contributed by atoms with Crippen LogP contribution in [0.25, 0.3) is 0 Å². The van der Waals surface area contributed by atoms with Gasteiger partial charge in [-0.2, -0.15) is 0 Å². The van der Waals surface area contributed by atoms with E-state index in [-0.39, 0.29) is 59.8 Å². The first-order chi connectivity index (χ1) is 21.0. The lowest BCUT2D eigenvalue weighted by molar-refractivity contribution is -0.0118. The molecule has 4 aliphatic rings. The number of epoxide rings is 2. The monoisotopic (exact) mass is 602 g/mol. The number of carbonyl (C=O) groups is 2. The fraction of sp³-hybridized carbons (Fsp3) is 0.568. The minimum atomic E-state index is -0.690. The Morgan fingerprint density at radius 3 is 2.32 bits per heavy atom. The van der Waals surface area contributed by atoms with Crippen LogP contribution >= 0.6 is 0 Å². The largest absolute Gasteiger partial charge is 0.453 e. The van der Waals surface area contributed by atoms with Gasteiger partial charge in [-0.15, -0.1) is 0 Å². The van der Waals surface area contributed by atoms with Crippen molar-refractivity contribution in [1.29, 1.82) is 0 Å². The highest BCUT2D eigenvalue weighted by Gasteiger charge is 2.77. The van der Waals surface area contributed by atoms with Gasteiger partial charge in [0.15, 0.2) is 5.76 Å². The fourth-order valence-corrected chi connectivity index (χ4v) is 8.01. The van der Waals surface area contributed by atoms with Crippen LogP contribution in [0.5, 0.6) is 0 Å². The standard InChI is InChI=1S/C37H46O7/c1-22(2)26-19-28-34(43-28)37(33(26)39)29(44-37)20-27-30(23(3)13-12-18-36(27,4)5)32(31(38)24-14-8-6-9-15-24)41-21-42-35(40)25-16-10-7-11-17-25/h6-11,14-17,22-23,26-29,33-34,39H,12-13,18-21H2,1-5H3/b32-30+/t23?,26?,27?,28-,29?,33?,34?,37?/m0/s1. The number of carbonyl (C=O) groups excluding carboxylic acids is 2. The van der Waals surface area contributed by atoms with Crippen LogP contribution in [0.3, 0.4) is 0 Å². The number of ether oxygens (including phenoxy) is 4. The summed E-state index contributed by atoms with van der Waals surface area (Å²) in [6.45, 7) is 10.6. The maximum atomic E-state index is 14.2. The Kier molecular flexibility index (Phi) is 8.50. The van der Waals surface area contributed by atoms with Gasteiger partial charge in [0.2, 0.25) is 12.6 Å². The number of hydrogen-bond donors (Lipinski definition) is 1. The molecule has 2 saturated heterocycles. The second kappa shape index (κ2) is 12.1. The molecule has 2 saturated carbocycles. The summed E-state index contributed by atoms with van der Waals surface area (Å²) in [6, 6.07) is 17.9. The number of benzene rings is 2. The Morgan fingerprint density at radius 2 is 1.66 bits per heavy atom. The molecule has 0 radical (unpaired) electrons. The Morgan fingerprint density at radius 1 is 1.00 bits per heavy atom. The summed E-state index contributed by atoms with van der Waals surface area (Å²) in [5, 5.41) is 11.6. The summed E-state index contributed by atoms with van der Waals surface area (Å²) in [4.78, 5) is 27.0. The van der Waals surface area contributed by atoms with Crippen LogP contribution in [0.4, 0.5) is 0 Å². The van der Waals surface area contributed by atoms with E-state index in [1.54, 1.807) is 36.4 Å². The molecular weight excluding hydrogens is 556 g/mol. The maximum Gasteiger partial charge on any atom is 0.340 e. The SMILES string of the molecule is CC1CCCC(C)(C)C(CC2OC23C(O)C(C(C)C)C[C@@H]2OC23)/C1=C(/OCOC(=O)c1ccccc1)C(=O)c1ccccc1. The van der Waals surface area contributed by atoms with E-state index in [0.717, 1.165) is 31.3 Å². The van der Waals surface area contributed by atoms with Crippen molar-refractivity contribution in [3.63, 3.8) is 0 Å². The lowest BCUT2D eigenvalue weighted by atomic mass is 9.66. The molecular formula is C37H46O7. The molecule has 44 heavy (non-hydrogen) atoms. The minimum absolute atomic E-state index is 0.0549. The maximum absolute atomic E-state index is 14.2. The predicted molar refractivity (Wildman–Crippen MR) is 166 cm³/mol. The summed E-state index contributed by atoms with van der Waals surface area (Å²) in [5.74, 6) is -0.0218. The van der Waals surface area contributed by atoms with Gasteiger partial charge in [0, 0.05) is 5.56 Å². The molecule has 7 unspecified atom stereocenters. The Hall–Kier alpha value is -3.00. The number of allylic oxidation sites excluding steroid dienone is 2. The average Bonchev–Trinajstić information content (AvgIpc) is 3.93. The zero-order valence-corrected chi connectivity index (χ0v) is 26.5. The van der Waals surface area contributed by atoms with Crippen molar-refractivity contribution in [2.45, 2.75) is 96.7 Å². The second-order valence-corrected chi connectivity index (χ2v) is 14.3.